The van der Waals surface area contributed by atoms with Crippen molar-refractivity contribution in [2.45, 2.75) is 36.5 Å². The molecule has 0 radical (unpaired) electrons. The average molecular weight is 332 g/mol. The van der Waals surface area contributed by atoms with Crippen molar-refractivity contribution in [1.29, 1.82) is 0 Å². The van der Waals surface area contributed by atoms with Crippen LogP contribution in [0, 0.1) is 0 Å². The normalized spacial score (nSPS) is 15.7. The summed E-state index contributed by atoms with van der Waals surface area (Å²) in [6.07, 6.45) is 6.12. The van der Waals surface area contributed by atoms with Gasteiger partial charge in [-0.2, -0.15) is 0 Å². The Labute approximate surface area is 142 Å². The van der Waals surface area contributed by atoms with Crippen molar-refractivity contribution in [2.24, 2.45) is 0 Å². The van der Waals surface area contributed by atoms with Gasteiger partial charge in [0.05, 0.1) is 19.3 Å². The number of ether oxygens (including phenoxy) is 1. The second kappa shape index (κ2) is 8.36. The number of hydrogen-bond acceptors (Lipinski definition) is 5. The van der Waals surface area contributed by atoms with Gasteiger partial charge in [0, 0.05) is 23.4 Å². The van der Waals surface area contributed by atoms with Gasteiger partial charge in [-0.15, -0.1) is 16.9 Å². The van der Waals surface area contributed by atoms with E-state index in [9.17, 15) is 0 Å². The van der Waals surface area contributed by atoms with Crippen molar-refractivity contribution in [3.05, 3.63) is 36.2 Å². The number of rotatable bonds is 7. The number of likely N-dealkylation sites (tertiary alicyclic amines) is 1. The quantitative estimate of drug-likeness (QED) is 0.729. The van der Waals surface area contributed by atoms with Crippen LogP contribution < -0.4 is 4.74 Å². The molecule has 2 aromatic rings. The smallest absolute Gasteiger partial charge is 0.118 e. The fourth-order valence-electron chi connectivity index (χ4n) is 2.77. The van der Waals surface area contributed by atoms with E-state index >= 15 is 0 Å². The molecule has 1 aliphatic rings. The monoisotopic (exact) mass is 332 g/mol. The second-order valence-corrected chi connectivity index (χ2v) is 6.89. The number of nitrogens with zero attached hydrogens (tertiary/aromatic N) is 4. The summed E-state index contributed by atoms with van der Waals surface area (Å²) < 4.78 is 7.14. The van der Waals surface area contributed by atoms with Crippen LogP contribution in [-0.4, -0.2) is 46.6 Å². The van der Waals surface area contributed by atoms with Crippen LogP contribution >= 0.6 is 11.8 Å². The predicted octanol–water partition coefficient (Wildman–Crippen LogP) is 3.06. The molecule has 1 aromatic carbocycles. The lowest BCUT2D eigenvalue weighted by Crippen LogP contribution is -2.32. The molecule has 23 heavy (non-hydrogen) atoms. The third-order valence-corrected chi connectivity index (χ3v) is 5.17. The first-order valence-corrected chi connectivity index (χ1v) is 9.20. The Balaban J connectivity index is 1.44. The summed E-state index contributed by atoms with van der Waals surface area (Å²) in [4.78, 5) is 3.74. The molecule has 0 saturated carbocycles. The SMILES string of the molecule is COc1ccc(SCc2cn(CCN3CCCCC3)nn2)cc1. The highest BCUT2D eigenvalue weighted by Gasteiger charge is 2.10. The molecule has 0 atom stereocenters. The van der Waals surface area contributed by atoms with Gasteiger partial charge in [0.25, 0.3) is 0 Å². The van der Waals surface area contributed by atoms with Crippen LogP contribution in [0.1, 0.15) is 25.0 Å². The molecule has 2 heterocycles. The molecule has 0 N–H and O–H groups in total. The van der Waals surface area contributed by atoms with E-state index in [4.69, 9.17) is 4.74 Å². The number of thioether (sulfide) groups is 1. The summed E-state index contributed by atoms with van der Waals surface area (Å²) in [7, 11) is 1.68. The van der Waals surface area contributed by atoms with Crippen LogP contribution in [-0.2, 0) is 12.3 Å². The lowest BCUT2D eigenvalue weighted by Gasteiger charge is -2.25. The van der Waals surface area contributed by atoms with Crippen molar-refractivity contribution in [3.63, 3.8) is 0 Å². The minimum atomic E-state index is 0.843. The van der Waals surface area contributed by atoms with Gasteiger partial charge in [-0.05, 0) is 50.2 Å². The van der Waals surface area contributed by atoms with Crippen molar-refractivity contribution in [1.82, 2.24) is 19.9 Å². The third kappa shape index (κ3) is 4.97. The maximum atomic E-state index is 5.17. The van der Waals surface area contributed by atoms with E-state index in [1.807, 2.05) is 16.8 Å². The molecule has 3 rings (SSSR count). The molecule has 1 aromatic heterocycles. The molecule has 0 bridgehead atoms. The van der Waals surface area contributed by atoms with Gasteiger partial charge < -0.3 is 9.64 Å². The topological polar surface area (TPSA) is 43.2 Å². The van der Waals surface area contributed by atoms with Crippen molar-refractivity contribution < 1.29 is 4.74 Å². The lowest BCUT2D eigenvalue weighted by atomic mass is 10.1. The predicted molar refractivity (Wildman–Crippen MR) is 92.9 cm³/mol. The minimum Gasteiger partial charge on any atom is -0.497 e. The first kappa shape index (κ1) is 16.3. The Bertz CT molecular complexity index is 593. The van der Waals surface area contributed by atoms with Gasteiger partial charge >= 0.3 is 0 Å². The van der Waals surface area contributed by atoms with Gasteiger partial charge in [-0.1, -0.05) is 11.6 Å². The van der Waals surface area contributed by atoms with Crippen LogP contribution in [0.15, 0.2) is 35.4 Å². The highest BCUT2D eigenvalue weighted by molar-refractivity contribution is 7.98. The summed E-state index contributed by atoms with van der Waals surface area (Å²) >= 11 is 1.77. The molecule has 6 heteroatoms. The molecule has 124 valence electrons. The average Bonchev–Trinajstić information content (AvgIpc) is 3.07. The highest BCUT2D eigenvalue weighted by atomic mass is 32.2. The highest BCUT2D eigenvalue weighted by Crippen LogP contribution is 2.24. The zero-order valence-corrected chi connectivity index (χ0v) is 14.5. The Morgan fingerprint density at radius 1 is 1.09 bits per heavy atom. The van der Waals surface area contributed by atoms with E-state index in [2.05, 4.69) is 33.5 Å². The zero-order valence-electron chi connectivity index (χ0n) is 13.6. The van der Waals surface area contributed by atoms with E-state index in [0.717, 1.165) is 30.3 Å². The van der Waals surface area contributed by atoms with Crippen molar-refractivity contribution in [3.8, 4) is 5.75 Å². The summed E-state index contributed by atoms with van der Waals surface area (Å²) in [6, 6.07) is 8.12. The van der Waals surface area contributed by atoms with E-state index in [0.29, 0.717) is 0 Å². The van der Waals surface area contributed by atoms with E-state index in [-0.39, 0.29) is 0 Å². The summed E-state index contributed by atoms with van der Waals surface area (Å²) in [6.45, 7) is 4.47. The molecule has 0 unspecified atom stereocenters. The lowest BCUT2D eigenvalue weighted by molar-refractivity contribution is 0.217. The zero-order chi connectivity index (χ0) is 15.9. The third-order valence-electron chi connectivity index (χ3n) is 4.13. The molecule has 1 saturated heterocycles. The fourth-order valence-corrected chi connectivity index (χ4v) is 3.55. The molecular weight excluding hydrogens is 308 g/mol. The number of benzene rings is 1. The van der Waals surface area contributed by atoms with Crippen LogP contribution in [0.3, 0.4) is 0 Å². The molecule has 1 aliphatic heterocycles. The minimum absolute atomic E-state index is 0.843. The summed E-state index contributed by atoms with van der Waals surface area (Å²) in [5, 5.41) is 8.52. The molecule has 0 spiro atoms. The number of methoxy groups -OCH3 is 1. The van der Waals surface area contributed by atoms with Crippen LogP contribution in [0.2, 0.25) is 0 Å². The van der Waals surface area contributed by atoms with Gasteiger partial charge in [-0.25, -0.2) is 0 Å². The van der Waals surface area contributed by atoms with Crippen molar-refractivity contribution >= 4 is 11.8 Å². The Hall–Kier alpha value is -1.53. The Morgan fingerprint density at radius 2 is 1.87 bits per heavy atom. The maximum absolute atomic E-state index is 5.17. The van der Waals surface area contributed by atoms with Gasteiger partial charge in [0.1, 0.15) is 5.75 Å². The van der Waals surface area contributed by atoms with E-state index < -0.39 is 0 Å². The first-order valence-electron chi connectivity index (χ1n) is 8.22. The molecule has 5 nitrogen and oxygen atoms in total. The number of aromatic nitrogens is 3. The van der Waals surface area contributed by atoms with Crippen molar-refractivity contribution in [2.75, 3.05) is 26.7 Å². The van der Waals surface area contributed by atoms with E-state index in [1.165, 1.54) is 37.2 Å². The molecular formula is C17H24N4OS. The number of piperidine rings is 1. The van der Waals surface area contributed by atoms with E-state index in [1.54, 1.807) is 18.9 Å². The Morgan fingerprint density at radius 3 is 2.61 bits per heavy atom. The number of hydrogen-bond donors (Lipinski definition) is 0. The standard InChI is InChI=1S/C17H24N4OS/c1-22-16-5-7-17(8-6-16)23-14-15-13-21(19-18-15)12-11-20-9-3-2-4-10-20/h5-8,13H,2-4,9-12,14H2,1H3. The fraction of sp³-hybridized carbons (Fsp3) is 0.529. The van der Waals surface area contributed by atoms with Crippen LogP contribution in [0.5, 0.6) is 5.75 Å². The Kier molecular flexibility index (Phi) is 5.93. The second-order valence-electron chi connectivity index (χ2n) is 5.84. The van der Waals surface area contributed by atoms with Gasteiger partial charge in [0.2, 0.25) is 0 Å². The molecule has 1 fully saturated rings. The largest absolute Gasteiger partial charge is 0.497 e. The maximum Gasteiger partial charge on any atom is 0.118 e. The molecule has 0 amide bonds. The first-order chi connectivity index (χ1) is 11.3. The summed E-state index contributed by atoms with van der Waals surface area (Å²) in [5.41, 5.74) is 1.03. The van der Waals surface area contributed by atoms with Crippen LogP contribution in [0.4, 0.5) is 0 Å². The molecule has 0 aliphatic carbocycles. The van der Waals surface area contributed by atoms with Gasteiger partial charge in [-0.3, -0.25) is 4.68 Å². The van der Waals surface area contributed by atoms with Crippen LogP contribution in [0.25, 0.3) is 0 Å². The summed E-state index contributed by atoms with van der Waals surface area (Å²) in [5.74, 6) is 1.73. The van der Waals surface area contributed by atoms with Gasteiger partial charge in [0.15, 0.2) is 0 Å².